The van der Waals surface area contributed by atoms with Gasteiger partial charge in [0.15, 0.2) is 11.1 Å². The Morgan fingerprint density at radius 2 is 2.32 bits per heavy atom. The van der Waals surface area contributed by atoms with Crippen molar-refractivity contribution in [3.05, 3.63) is 24.3 Å². The van der Waals surface area contributed by atoms with Crippen LogP contribution in [0.15, 0.2) is 29.3 Å². The van der Waals surface area contributed by atoms with E-state index in [2.05, 4.69) is 44.2 Å². The van der Waals surface area contributed by atoms with Crippen molar-refractivity contribution in [2.45, 2.75) is 0 Å². The Labute approximate surface area is 121 Å². The van der Waals surface area contributed by atoms with E-state index in [0.717, 1.165) is 35.6 Å². The molecule has 0 radical (unpaired) electrons. The summed E-state index contributed by atoms with van der Waals surface area (Å²) in [5.41, 5.74) is 1.02. The molecule has 0 fully saturated rings. The van der Waals surface area contributed by atoms with Gasteiger partial charge in [-0.25, -0.2) is 9.98 Å². The first-order chi connectivity index (χ1) is 9.35. The van der Waals surface area contributed by atoms with Crippen LogP contribution in [-0.2, 0) is 0 Å². The van der Waals surface area contributed by atoms with E-state index in [1.807, 2.05) is 18.2 Å². The van der Waals surface area contributed by atoms with Gasteiger partial charge < -0.3 is 10.6 Å². The molecule has 0 saturated carbocycles. The van der Waals surface area contributed by atoms with Crippen molar-refractivity contribution in [2.24, 2.45) is 4.99 Å². The van der Waals surface area contributed by atoms with Gasteiger partial charge in [-0.2, -0.15) is 12.6 Å². The van der Waals surface area contributed by atoms with E-state index in [1.54, 1.807) is 11.3 Å². The molecule has 2 heterocycles. The number of guanidine groups is 1. The minimum Gasteiger partial charge on any atom is -0.343 e. The minimum atomic E-state index is 0.695. The number of nitrogens with zero attached hydrogens (tertiary/aromatic N) is 3. The lowest BCUT2D eigenvalue weighted by Crippen LogP contribution is -2.46. The standard InChI is InChI=1S/C12H15N5S2/c18-6-5-17-7-13-11(14-8-17)16-12-15-9-3-1-2-4-10(9)19-12/h1-4,18H,5-8H2,(H2,13,14,15,16). The summed E-state index contributed by atoms with van der Waals surface area (Å²) in [4.78, 5) is 11.2. The Morgan fingerprint density at radius 1 is 1.42 bits per heavy atom. The van der Waals surface area contributed by atoms with E-state index in [-0.39, 0.29) is 0 Å². The van der Waals surface area contributed by atoms with Crippen LogP contribution in [0.5, 0.6) is 0 Å². The fourth-order valence-corrected chi connectivity index (χ4v) is 3.01. The number of aliphatic imine (C=N–C) groups is 1. The Balaban J connectivity index is 1.68. The number of aromatic nitrogens is 1. The first-order valence-electron chi connectivity index (χ1n) is 6.09. The van der Waals surface area contributed by atoms with Crippen LogP contribution in [0.3, 0.4) is 0 Å². The van der Waals surface area contributed by atoms with Crippen molar-refractivity contribution in [1.82, 2.24) is 15.2 Å². The SMILES string of the molecule is SCCN1CN=C(Nc2nc3ccccc3s2)NC1. The van der Waals surface area contributed by atoms with Gasteiger partial charge in [-0.05, 0) is 12.1 Å². The number of rotatable bonds is 3. The molecule has 2 N–H and O–H groups in total. The Kier molecular flexibility index (Phi) is 3.86. The lowest BCUT2D eigenvalue weighted by atomic mass is 10.3. The maximum atomic E-state index is 4.52. The molecule has 0 spiro atoms. The van der Waals surface area contributed by atoms with Gasteiger partial charge in [-0.1, -0.05) is 23.5 Å². The quantitative estimate of drug-likeness (QED) is 0.756. The zero-order chi connectivity index (χ0) is 13.1. The molecule has 0 atom stereocenters. The van der Waals surface area contributed by atoms with Crippen molar-refractivity contribution < 1.29 is 0 Å². The number of hydrogen-bond donors (Lipinski definition) is 3. The second kappa shape index (κ2) is 5.77. The highest BCUT2D eigenvalue weighted by atomic mass is 32.1. The summed E-state index contributed by atoms with van der Waals surface area (Å²) < 4.78 is 1.18. The number of para-hydroxylation sites is 1. The van der Waals surface area contributed by atoms with Gasteiger partial charge in [-0.3, -0.25) is 4.90 Å². The Hall–Kier alpha value is -1.31. The second-order valence-electron chi connectivity index (χ2n) is 4.21. The largest absolute Gasteiger partial charge is 0.343 e. The van der Waals surface area contributed by atoms with Gasteiger partial charge in [-0.15, -0.1) is 0 Å². The van der Waals surface area contributed by atoms with E-state index < -0.39 is 0 Å². The third-order valence-electron chi connectivity index (χ3n) is 2.83. The normalized spacial score (nSPS) is 16.2. The van der Waals surface area contributed by atoms with Crippen LogP contribution in [0, 0.1) is 0 Å². The number of nitrogens with one attached hydrogen (secondary N) is 2. The van der Waals surface area contributed by atoms with Gasteiger partial charge in [0.05, 0.1) is 23.6 Å². The smallest absolute Gasteiger partial charge is 0.199 e. The molecular formula is C12H15N5S2. The van der Waals surface area contributed by atoms with Crippen LogP contribution in [0.4, 0.5) is 5.13 Å². The van der Waals surface area contributed by atoms with E-state index in [1.165, 1.54) is 4.70 Å². The number of thiol groups is 1. The fourth-order valence-electron chi connectivity index (χ4n) is 1.87. The molecule has 0 aliphatic carbocycles. The van der Waals surface area contributed by atoms with Crippen LogP contribution < -0.4 is 10.6 Å². The fraction of sp³-hybridized carbons (Fsp3) is 0.333. The lowest BCUT2D eigenvalue weighted by Gasteiger charge is -2.25. The number of thiazole rings is 1. The van der Waals surface area contributed by atoms with Gasteiger partial charge in [0.1, 0.15) is 0 Å². The molecule has 1 aromatic carbocycles. The van der Waals surface area contributed by atoms with Crippen LogP contribution in [0.2, 0.25) is 0 Å². The van der Waals surface area contributed by atoms with E-state index in [0.29, 0.717) is 6.67 Å². The van der Waals surface area contributed by atoms with E-state index >= 15 is 0 Å². The molecule has 1 aliphatic rings. The number of hydrogen-bond acceptors (Lipinski definition) is 7. The molecule has 0 bridgehead atoms. The molecule has 1 aromatic heterocycles. The third kappa shape index (κ3) is 2.99. The summed E-state index contributed by atoms with van der Waals surface area (Å²) in [6.07, 6.45) is 0. The molecule has 3 rings (SSSR count). The zero-order valence-electron chi connectivity index (χ0n) is 10.3. The number of anilines is 1. The van der Waals surface area contributed by atoms with E-state index in [4.69, 9.17) is 0 Å². The van der Waals surface area contributed by atoms with Crippen molar-refractivity contribution >= 4 is 45.3 Å². The van der Waals surface area contributed by atoms with Crippen molar-refractivity contribution in [3.8, 4) is 0 Å². The van der Waals surface area contributed by atoms with Crippen LogP contribution >= 0.6 is 24.0 Å². The Bertz CT molecular complexity index is 562. The van der Waals surface area contributed by atoms with Gasteiger partial charge in [0.2, 0.25) is 0 Å². The zero-order valence-corrected chi connectivity index (χ0v) is 12.0. The summed E-state index contributed by atoms with van der Waals surface area (Å²) in [5.74, 6) is 1.63. The highest BCUT2D eigenvalue weighted by molar-refractivity contribution is 7.80. The average molecular weight is 293 g/mol. The first kappa shape index (κ1) is 12.7. The summed E-state index contributed by atoms with van der Waals surface area (Å²) in [7, 11) is 0. The molecule has 1 aliphatic heterocycles. The van der Waals surface area contributed by atoms with Gasteiger partial charge >= 0.3 is 0 Å². The molecule has 7 heteroatoms. The lowest BCUT2D eigenvalue weighted by molar-refractivity contribution is 0.282. The molecule has 0 saturated heterocycles. The first-order valence-corrected chi connectivity index (χ1v) is 7.54. The minimum absolute atomic E-state index is 0.695. The van der Waals surface area contributed by atoms with Gasteiger partial charge in [0.25, 0.3) is 0 Å². The van der Waals surface area contributed by atoms with Crippen LogP contribution in [-0.4, -0.2) is 41.5 Å². The van der Waals surface area contributed by atoms with Crippen molar-refractivity contribution in [3.63, 3.8) is 0 Å². The topological polar surface area (TPSA) is 52.5 Å². The van der Waals surface area contributed by atoms with E-state index in [9.17, 15) is 0 Å². The predicted molar refractivity (Wildman–Crippen MR) is 84.1 cm³/mol. The Morgan fingerprint density at radius 3 is 3.05 bits per heavy atom. The molecule has 0 unspecified atom stereocenters. The predicted octanol–water partition coefficient (Wildman–Crippen LogP) is 1.81. The van der Waals surface area contributed by atoms with Crippen molar-refractivity contribution in [1.29, 1.82) is 0 Å². The van der Waals surface area contributed by atoms with Crippen LogP contribution in [0.25, 0.3) is 10.2 Å². The number of fused-ring (bicyclic) bond motifs is 1. The van der Waals surface area contributed by atoms with Crippen molar-refractivity contribution in [2.75, 3.05) is 31.0 Å². The summed E-state index contributed by atoms with van der Waals surface area (Å²) >= 11 is 5.85. The maximum Gasteiger partial charge on any atom is 0.199 e. The second-order valence-corrected chi connectivity index (χ2v) is 5.69. The maximum absolute atomic E-state index is 4.52. The molecule has 5 nitrogen and oxygen atoms in total. The van der Waals surface area contributed by atoms with Gasteiger partial charge in [0, 0.05) is 12.3 Å². The molecule has 0 amide bonds. The summed E-state index contributed by atoms with van der Waals surface area (Å²) in [5, 5.41) is 7.35. The number of benzene rings is 1. The highest BCUT2D eigenvalue weighted by Crippen LogP contribution is 2.25. The average Bonchev–Trinajstić information content (AvgIpc) is 2.83. The van der Waals surface area contributed by atoms with Crippen LogP contribution in [0.1, 0.15) is 0 Å². The summed E-state index contributed by atoms with van der Waals surface area (Å²) in [6.45, 7) is 2.42. The monoisotopic (exact) mass is 293 g/mol. The molecular weight excluding hydrogens is 278 g/mol. The molecule has 2 aromatic rings. The molecule has 19 heavy (non-hydrogen) atoms. The third-order valence-corrected chi connectivity index (χ3v) is 3.99. The molecule has 100 valence electrons. The highest BCUT2D eigenvalue weighted by Gasteiger charge is 2.12. The summed E-state index contributed by atoms with van der Waals surface area (Å²) in [6, 6.07) is 8.11.